The molecule has 0 heterocycles. The summed E-state index contributed by atoms with van der Waals surface area (Å²) in [6.07, 6.45) is 0. The van der Waals surface area contributed by atoms with E-state index >= 15 is 0 Å². The molecule has 5 heteroatoms. The van der Waals surface area contributed by atoms with Crippen LogP contribution in [-0.2, 0) is 10.0 Å². The van der Waals surface area contributed by atoms with Crippen molar-refractivity contribution in [2.45, 2.75) is 37.8 Å². The van der Waals surface area contributed by atoms with Crippen LogP contribution in [0, 0.1) is 20.8 Å². The van der Waals surface area contributed by atoms with Crippen molar-refractivity contribution in [2.75, 3.05) is 0 Å². The SMILES string of the molecule is Cc1ccc(S(=O)(=O)NC(c2ccccc2C)C(N=C(c2ccccc2)c2ccccc2)c2ccccc2C)cc1. The van der Waals surface area contributed by atoms with E-state index in [9.17, 15) is 8.42 Å². The number of sulfonamides is 1. The van der Waals surface area contributed by atoms with Crippen molar-refractivity contribution < 1.29 is 8.42 Å². The highest BCUT2D eigenvalue weighted by Crippen LogP contribution is 2.38. The van der Waals surface area contributed by atoms with Crippen LogP contribution in [-0.4, -0.2) is 14.1 Å². The molecule has 0 aliphatic heterocycles. The number of nitrogens with zero attached hydrogens (tertiary/aromatic N) is 1. The molecule has 0 bridgehead atoms. The van der Waals surface area contributed by atoms with Gasteiger partial charge in [-0.2, -0.15) is 0 Å². The predicted octanol–water partition coefficient (Wildman–Crippen LogP) is 7.91. The van der Waals surface area contributed by atoms with Crippen molar-refractivity contribution in [2.24, 2.45) is 4.99 Å². The Bertz CT molecular complexity index is 1710. The molecule has 0 aliphatic carbocycles. The molecule has 5 rings (SSSR count). The third-order valence-corrected chi connectivity index (χ3v) is 8.78. The summed E-state index contributed by atoms with van der Waals surface area (Å²) in [5.74, 6) is 0. The maximum Gasteiger partial charge on any atom is 0.241 e. The van der Waals surface area contributed by atoms with Gasteiger partial charge in [-0.1, -0.05) is 127 Å². The molecule has 5 aromatic carbocycles. The van der Waals surface area contributed by atoms with E-state index in [-0.39, 0.29) is 4.90 Å². The zero-order valence-corrected chi connectivity index (χ0v) is 24.3. The Labute approximate surface area is 243 Å². The van der Waals surface area contributed by atoms with Crippen LogP contribution in [0.5, 0.6) is 0 Å². The Morgan fingerprint density at radius 2 is 1.05 bits per heavy atom. The van der Waals surface area contributed by atoms with E-state index in [2.05, 4.69) is 4.72 Å². The summed E-state index contributed by atoms with van der Waals surface area (Å²) in [5.41, 5.74) is 7.57. The normalized spacial score (nSPS) is 12.9. The molecule has 0 aromatic heterocycles. The molecule has 1 N–H and O–H groups in total. The largest absolute Gasteiger partial charge is 0.274 e. The molecule has 4 nitrogen and oxygen atoms in total. The Balaban J connectivity index is 1.76. The molecular formula is C36H34N2O2S. The van der Waals surface area contributed by atoms with Crippen molar-refractivity contribution in [3.8, 4) is 0 Å². The van der Waals surface area contributed by atoms with Gasteiger partial charge in [-0.25, -0.2) is 13.1 Å². The first-order valence-electron chi connectivity index (χ1n) is 13.7. The molecule has 0 saturated heterocycles. The molecular weight excluding hydrogens is 524 g/mol. The predicted molar refractivity (Wildman–Crippen MR) is 168 cm³/mol. The maximum absolute atomic E-state index is 13.9. The molecule has 2 unspecified atom stereocenters. The van der Waals surface area contributed by atoms with Crippen LogP contribution in [0.25, 0.3) is 0 Å². The summed E-state index contributed by atoms with van der Waals surface area (Å²) in [6, 6.07) is 41.8. The molecule has 0 spiro atoms. The van der Waals surface area contributed by atoms with Gasteiger partial charge in [0.2, 0.25) is 10.0 Å². The number of aryl methyl sites for hydroxylation is 3. The van der Waals surface area contributed by atoms with Crippen molar-refractivity contribution >= 4 is 15.7 Å². The van der Waals surface area contributed by atoms with Crippen LogP contribution < -0.4 is 4.72 Å². The monoisotopic (exact) mass is 558 g/mol. The van der Waals surface area contributed by atoms with Gasteiger partial charge in [0.1, 0.15) is 0 Å². The second-order valence-corrected chi connectivity index (χ2v) is 12.0. The van der Waals surface area contributed by atoms with Gasteiger partial charge in [0.25, 0.3) is 0 Å². The third kappa shape index (κ3) is 6.54. The van der Waals surface area contributed by atoms with Crippen LogP contribution in [0.1, 0.15) is 51.0 Å². The van der Waals surface area contributed by atoms with Crippen molar-refractivity contribution in [3.63, 3.8) is 0 Å². The standard InChI is InChI=1S/C36H34N2O2S/c1-26-22-24-31(25-23-26)41(39,40)38-36(33-21-13-11-15-28(33)3)35(32-20-12-10-14-27(32)2)37-34(29-16-6-4-7-17-29)30-18-8-5-9-19-30/h4-25,35-36,38H,1-3H3. The van der Waals surface area contributed by atoms with Crippen molar-refractivity contribution in [3.05, 3.63) is 172 Å². The first-order chi connectivity index (χ1) is 19.8. The number of nitrogens with one attached hydrogen (secondary N) is 1. The minimum absolute atomic E-state index is 0.223. The zero-order chi connectivity index (χ0) is 28.8. The van der Waals surface area contributed by atoms with E-state index in [1.165, 1.54) is 0 Å². The molecule has 0 radical (unpaired) electrons. The lowest BCUT2D eigenvalue weighted by Crippen LogP contribution is -2.33. The first-order valence-corrected chi connectivity index (χ1v) is 15.2. The van der Waals surface area contributed by atoms with Gasteiger partial charge in [0, 0.05) is 11.1 Å². The molecule has 2 atom stereocenters. The summed E-state index contributed by atoms with van der Waals surface area (Å²) in [6.45, 7) is 6.00. The van der Waals surface area contributed by atoms with Crippen LogP contribution >= 0.6 is 0 Å². The minimum atomic E-state index is -3.89. The summed E-state index contributed by atoms with van der Waals surface area (Å²) >= 11 is 0. The smallest absolute Gasteiger partial charge is 0.241 e. The number of hydrogen-bond donors (Lipinski definition) is 1. The van der Waals surface area contributed by atoms with Crippen LogP contribution in [0.2, 0.25) is 0 Å². The van der Waals surface area contributed by atoms with Crippen molar-refractivity contribution in [1.29, 1.82) is 0 Å². The molecule has 0 fully saturated rings. The minimum Gasteiger partial charge on any atom is -0.274 e. The van der Waals surface area contributed by atoms with E-state index in [0.717, 1.165) is 44.7 Å². The molecule has 0 saturated carbocycles. The molecule has 206 valence electrons. The highest BCUT2D eigenvalue weighted by atomic mass is 32.2. The Kier molecular flexibility index (Phi) is 8.58. The van der Waals surface area contributed by atoms with Gasteiger partial charge < -0.3 is 0 Å². The van der Waals surface area contributed by atoms with Crippen molar-refractivity contribution in [1.82, 2.24) is 4.72 Å². The number of benzene rings is 5. The quantitative estimate of drug-likeness (QED) is 0.187. The third-order valence-electron chi connectivity index (χ3n) is 7.32. The lowest BCUT2D eigenvalue weighted by molar-refractivity contribution is 0.503. The summed E-state index contributed by atoms with van der Waals surface area (Å²) in [4.78, 5) is 5.67. The summed E-state index contributed by atoms with van der Waals surface area (Å²) in [7, 11) is -3.89. The fraction of sp³-hybridized carbons (Fsp3) is 0.139. The van der Waals surface area contributed by atoms with Gasteiger partial charge in [0.05, 0.1) is 22.7 Å². The number of rotatable bonds is 9. The van der Waals surface area contributed by atoms with Crippen LogP contribution in [0.4, 0.5) is 0 Å². The van der Waals surface area contributed by atoms with E-state index in [1.807, 2.05) is 142 Å². The Morgan fingerprint density at radius 1 is 0.585 bits per heavy atom. The summed E-state index contributed by atoms with van der Waals surface area (Å²) < 4.78 is 30.9. The fourth-order valence-corrected chi connectivity index (χ4v) is 6.30. The van der Waals surface area contributed by atoms with Crippen LogP contribution in [0.15, 0.2) is 143 Å². The molecule has 0 aliphatic rings. The lowest BCUT2D eigenvalue weighted by atomic mass is 9.89. The maximum atomic E-state index is 13.9. The van der Waals surface area contributed by atoms with Gasteiger partial charge in [0.15, 0.2) is 0 Å². The second-order valence-electron chi connectivity index (χ2n) is 10.3. The van der Waals surface area contributed by atoms with Gasteiger partial charge >= 0.3 is 0 Å². The zero-order valence-electron chi connectivity index (χ0n) is 23.5. The first kappa shape index (κ1) is 28.2. The second kappa shape index (κ2) is 12.5. The molecule has 5 aromatic rings. The van der Waals surface area contributed by atoms with Gasteiger partial charge in [-0.05, 0) is 55.2 Å². The number of hydrogen-bond acceptors (Lipinski definition) is 3. The lowest BCUT2D eigenvalue weighted by Gasteiger charge is -2.29. The number of aliphatic imine (C=N–C) groups is 1. The van der Waals surface area contributed by atoms with Crippen LogP contribution in [0.3, 0.4) is 0 Å². The fourth-order valence-electron chi connectivity index (χ4n) is 5.08. The average Bonchev–Trinajstić information content (AvgIpc) is 2.99. The molecule has 0 amide bonds. The van der Waals surface area contributed by atoms with E-state index in [0.29, 0.717) is 0 Å². The van der Waals surface area contributed by atoms with E-state index in [1.54, 1.807) is 12.1 Å². The Morgan fingerprint density at radius 3 is 1.56 bits per heavy atom. The highest BCUT2D eigenvalue weighted by molar-refractivity contribution is 7.89. The van der Waals surface area contributed by atoms with E-state index < -0.39 is 22.1 Å². The Hall–Kier alpha value is -4.32. The van der Waals surface area contributed by atoms with E-state index in [4.69, 9.17) is 4.99 Å². The molecule has 41 heavy (non-hydrogen) atoms. The average molecular weight is 559 g/mol. The van der Waals surface area contributed by atoms with Gasteiger partial charge in [-0.3, -0.25) is 4.99 Å². The van der Waals surface area contributed by atoms with Gasteiger partial charge in [-0.15, -0.1) is 0 Å². The summed E-state index contributed by atoms with van der Waals surface area (Å²) in [5, 5.41) is 0. The topological polar surface area (TPSA) is 58.5 Å². The highest BCUT2D eigenvalue weighted by Gasteiger charge is 2.32.